The Bertz CT molecular complexity index is 673. The Labute approximate surface area is 119 Å². The van der Waals surface area contributed by atoms with Gasteiger partial charge in [-0.3, -0.25) is 4.79 Å². The van der Waals surface area contributed by atoms with E-state index in [1.165, 1.54) is 23.1 Å². The number of benzene rings is 1. The van der Waals surface area contributed by atoms with E-state index in [0.717, 1.165) is 0 Å². The number of nitrogens with zero attached hydrogens (tertiary/aromatic N) is 3. The molecule has 2 heterocycles. The summed E-state index contributed by atoms with van der Waals surface area (Å²) in [5.41, 5.74) is 0.374. The van der Waals surface area contributed by atoms with E-state index in [0.29, 0.717) is 29.0 Å². The van der Waals surface area contributed by atoms with Gasteiger partial charge >= 0.3 is 0 Å². The molecule has 1 aromatic carbocycles. The van der Waals surface area contributed by atoms with Gasteiger partial charge in [0.05, 0.1) is 10.7 Å². The van der Waals surface area contributed by atoms with Crippen molar-refractivity contribution in [1.82, 2.24) is 10.1 Å². The number of aryl methyl sites for hydroxylation is 1. The van der Waals surface area contributed by atoms with Gasteiger partial charge in [0.1, 0.15) is 5.82 Å². The number of hydrogen-bond donors (Lipinski definition) is 0. The highest BCUT2D eigenvalue weighted by atomic mass is 35.5. The summed E-state index contributed by atoms with van der Waals surface area (Å²) in [6.07, 6.45) is 0.256. The molecule has 1 aromatic heterocycles. The number of halogens is 2. The van der Waals surface area contributed by atoms with Gasteiger partial charge in [0.2, 0.25) is 11.8 Å². The van der Waals surface area contributed by atoms with Crippen LogP contribution in [0.4, 0.5) is 10.1 Å². The van der Waals surface area contributed by atoms with Crippen LogP contribution < -0.4 is 4.90 Å². The van der Waals surface area contributed by atoms with Crippen molar-refractivity contribution in [3.8, 4) is 0 Å². The molecule has 3 rings (SSSR count). The summed E-state index contributed by atoms with van der Waals surface area (Å²) in [6, 6.07) is 3.95. The molecule has 0 N–H and O–H groups in total. The van der Waals surface area contributed by atoms with Crippen LogP contribution in [0.25, 0.3) is 0 Å². The largest absolute Gasteiger partial charge is 0.340 e. The Morgan fingerprint density at radius 2 is 2.30 bits per heavy atom. The van der Waals surface area contributed by atoms with Gasteiger partial charge in [0.25, 0.3) is 0 Å². The van der Waals surface area contributed by atoms with Crippen molar-refractivity contribution in [1.29, 1.82) is 0 Å². The second-order valence-electron chi connectivity index (χ2n) is 4.67. The summed E-state index contributed by atoms with van der Waals surface area (Å²) < 4.78 is 18.2. The lowest BCUT2D eigenvalue weighted by Crippen LogP contribution is -2.24. The Hall–Kier alpha value is -1.95. The molecular formula is C13H11ClFN3O2. The first-order chi connectivity index (χ1) is 9.54. The molecule has 0 saturated carbocycles. The lowest BCUT2D eigenvalue weighted by Gasteiger charge is -2.17. The van der Waals surface area contributed by atoms with Crippen molar-refractivity contribution < 1.29 is 13.7 Å². The molecule has 5 nitrogen and oxygen atoms in total. The standard InChI is InChI=1S/C13H11ClFN3O2/c1-7-16-13(17-20-7)8-4-12(19)18(6-8)11-5-9(15)2-3-10(11)14/h2-3,5,8H,4,6H2,1H3. The molecule has 1 fully saturated rings. The van der Waals surface area contributed by atoms with E-state index in [1.54, 1.807) is 6.92 Å². The zero-order chi connectivity index (χ0) is 14.3. The molecule has 1 unspecified atom stereocenters. The monoisotopic (exact) mass is 295 g/mol. The fraction of sp³-hybridized carbons (Fsp3) is 0.308. The van der Waals surface area contributed by atoms with E-state index in [-0.39, 0.29) is 18.2 Å². The number of anilines is 1. The van der Waals surface area contributed by atoms with Crippen molar-refractivity contribution in [3.05, 3.63) is 40.8 Å². The first-order valence-electron chi connectivity index (χ1n) is 6.10. The van der Waals surface area contributed by atoms with Crippen LogP contribution in [0.5, 0.6) is 0 Å². The van der Waals surface area contributed by atoms with Crippen LogP contribution in [0.2, 0.25) is 5.02 Å². The van der Waals surface area contributed by atoms with Crippen LogP contribution in [0.15, 0.2) is 22.7 Å². The number of aromatic nitrogens is 2. The van der Waals surface area contributed by atoms with Gasteiger partial charge in [-0.15, -0.1) is 0 Å². The quantitative estimate of drug-likeness (QED) is 0.854. The van der Waals surface area contributed by atoms with Gasteiger partial charge in [-0.05, 0) is 18.2 Å². The van der Waals surface area contributed by atoms with Crippen molar-refractivity contribution in [2.24, 2.45) is 0 Å². The van der Waals surface area contributed by atoms with Gasteiger partial charge in [-0.25, -0.2) is 4.39 Å². The zero-order valence-electron chi connectivity index (χ0n) is 10.6. The Balaban J connectivity index is 1.89. The molecule has 1 aliphatic heterocycles. The van der Waals surface area contributed by atoms with Crippen LogP contribution in [-0.4, -0.2) is 22.6 Å². The summed E-state index contributed by atoms with van der Waals surface area (Å²) >= 11 is 6.03. The molecule has 7 heteroatoms. The summed E-state index contributed by atoms with van der Waals surface area (Å²) in [6.45, 7) is 2.05. The van der Waals surface area contributed by atoms with Crippen LogP contribution in [0.1, 0.15) is 24.1 Å². The van der Waals surface area contributed by atoms with Gasteiger partial charge in [-0.1, -0.05) is 16.8 Å². The Morgan fingerprint density at radius 3 is 3.00 bits per heavy atom. The van der Waals surface area contributed by atoms with E-state index in [1.807, 2.05) is 0 Å². The predicted molar refractivity (Wildman–Crippen MR) is 70.2 cm³/mol. The Morgan fingerprint density at radius 1 is 1.50 bits per heavy atom. The topological polar surface area (TPSA) is 59.2 Å². The van der Waals surface area contributed by atoms with Crippen molar-refractivity contribution in [2.75, 3.05) is 11.4 Å². The highest BCUT2D eigenvalue weighted by molar-refractivity contribution is 6.33. The number of rotatable bonds is 2. The molecule has 104 valence electrons. The summed E-state index contributed by atoms with van der Waals surface area (Å²) in [5.74, 6) is 0.209. The number of hydrogen-bond acceptors (Lipinski definition) is 4. The summed E-state index contributed by atoms with van der Waals surface area (Å²) in [5, 5.41) is 4.17. The van der Waals surface area contributed by atoms with Gasteiger partial charge in [-0.2, -0.15) is 4.98 Å². The maximum atomic E-state index is 13.3. The van der Waals surface area contributed by atoms with E-state index in [9.17, 15) is 9.18 Å². The second-order valence-corrected chi connectivity index (χ2v) is 5.08. The molecule has 1 saturated heterocycles. The van der Waals surface area contributed by atoms with Crippen LogP contribution in [-0.2, 0) is 4.79 Å². The fourth-order valence-electron chi connectivity index (χ4n) is 2.29. The molecule has 1 aliphatic rings. The molecule has 1 amide bonds. The first kappa shape index (κ1) is 13.1. The van der Waals surface area contributed by atoms with E-state index in [4.69, 9.17) is 16.1 Å². The molecule has 0 bridgehead atoms. The first-order valence-corrected chi connectivity index (χ1v) is 6.48. The van der Waals surface area contributed by atoms with E-state index < -0.39 is 5.82 Å². The molecule has 20 heavy (non-hydrogen) atoms. The number of carbonyl (C=O) groups is 1. The summed E-state index contributed by atoms with van der Waals surface area (Å²) in [7, 11) is 0. The highest BCUT2D eigenvalue weighted by Crippen LogP contribution is 2.34. The third-order valence-corrected chi connectivity index (χ3v) is 3.55. The smallest absolute Gasteiger partial charge is 0.227 e. The molecule has 0 spiro atoms. The van der Waals surface area contributed by atoms with Crippen LogP contribution in [0.3, 0.4) is 0 Å². The van der Waals surface area contributed by atoms with Gasteiger partial charge in [0, 0.05) is 25.8 Å². The fourth-order valence-corrected chi connectivity index (χ4v) is 2.51. The van der Waals surface area contributed by atoms with Gasteiger partial charge < -0.3 is 9.42 Å². The number of carbonyl (C=O) groups excluding carboxylic acids is 1. The highest BCUT2D eigenvalue weighted by Gasteiger charge is 2.35. The Kier molecular flexibility index (Phi) is 3.17. The third kappa shape index (κ3) is 2.27. The minimum atomic E-state index is -0.434. The predicted octanol–water partition coefficient (Wildman–Crippen LogP) is 2.69. The lowest BCUT2D eigenvalue weighted by atomic mass is 10.1. The molecule has 0 radical (unpaired) electrons. The van der Waals surface area contributed by atoms with Crippen LogP contribution in [0, 0.1) is 12.7 Å². The maximum Gasteiger partial charge on any atom is 0.227 e. The molecule has 2 aromatic rings. The minimum absolute atomic E-state index is 0.134. The minimum Gasteiger partial charge on any atom is -0.340 e. The van der Waals surface area contributed by atoms with Crippen molar-refractivity contribution >= 4 is 23.2 Å². The third-order valence-electron chi connectivity index (χ3n) is 3.23. The van der Waals surface area contributed by atoms with Crippen molar-refractivity contribution in [3.63, 3.8) is 0 Å². The number of amides is 1. The SMILES string of the molecule is Cc1nc(C2CC(=O)N(c3cc(F)ccc3Cl)C2)no1. The zero-order valence-corrected chi connectivity index (χ0v) is 11.4. The van der Waals surface area contributed by atoms with Gasteiger partial charge in [0.15, 0.2) is 5.82 Å². The molecule has 0 aliphatic carbocycles. The molecule has 1 atom stereocenters. The maximum absolute atomic E-state index is 13.3. The second kappa shape index (κ2) is 4.86. The normalized spacial score (nSPS) is 18.9. The van der Waals surface area contributed by atoms with E-state index >= 15 is 0 Å². The molecular weight excluding hydrogens is 285 g/mol. The van der Waals surface area contributed by atoms with E-state index in [2.05, 4.69) is 10.1 Å². The lowest BCUT2D eigenvalue weighted by molar-refractivity contribution is -0.117. The van der Waals surface area contributed by atoms with Crippen LogP contribution >= 0.6 is 11.6 Å². The van der Waals surface area contributed by atoms with Crippen molar-refractivity contribution in [2.45, 2.75) is 19.3 Å². The average molecular weight is 296 g/mol. The average Bonchev–Trinajstić information content (AvgIpc) is 2.99. The summed E-state index contributed by atoms with van der Waals surface area (Å²) in [4.78, 5) is 17.7.